The van der Waals surface area contributed by atoms with Crippen molar-refractivity contribution in [3.05, 3.63) is 11.0 Å². The lowest BCUT2D eigenvalue weighted by Gasteiger charge is -2.37. The van der Waals surface area contributed by atoms with Crippen molar-refractivity contribution < 1.29 is 28.2 Å². The molecule has 8 heteroatoms. The van der Waals surface area contributed by atoms with Gasteiger partial charge in [-0.15, -0.1) is 0 Å². The summed E-state index contributed by atoms with van der Waals surface area (Å²) in [5.41, 5.74) is -1.70. The van der Waals surface area contributed by atoms with Crippen molar-refractivity contribution in [3.63, 3.8) is 0 Å². The first-order chi connectivity index (χ1) is 7.93. The molecule has 0 aromatic carbocycles. The minimum Gasteiger partial charge on any atom is -0.481 e. The van der Waals surface area contributed by atoms with Gasteiger partial charge in [0.15, 0.2) is 9.84 Å². The molecule has 2 atom stereocenters. The van der Waals surface area contributed by atoms with Crippen LogP contribution in [0.5, 0.6) is 0 Å². The molecule has 18 heavy (non-hydrogen) atoms. The Labute approximate surface area is 118 Å². The van der Waals surface area contributed by atoms with Gasteiger partial charge in [0, 0.05) is 6.26 Å². The van der Waals surface area contributed by atoms with E-state index in [4.69, 9.17) is 5.11 Å². The van der Waals surface area contributed by atoms with Crippen molar-refractivity contribution in [2.45, 2.75) is 23.2 Å². The second kappa shape index (κ2) is 4.48. The zero-order chi connectivity index (χ0) is 14.4. The average Bonchev–Trinajstić information content (AvgIpc) is 2.14. The summed E-state index contributed by atoms with van der Waals surface area (Å²) >= 11 is 1.67. The first-order valence-corrected chi connectivity index (χ1v) is 7.97. The lowest BCUT2D eigenvalue weighted by molar-refractivity contribution is -0.148. The van der Waals surface area contributed by atoms with E-state index < -0.39 is 30.6 Å². The van der Waals surface area contributed by atoms with Gasteiger partial charge in [0.1, 0.15) is 8.84 Å². The molecule has 0 amide bonds. The molecule has 0 fully saturated rings. The van der Waals surface area contributed by atoms with Crippen molar-refractivity contribution in [3.8, 4) is 0 Å². The molecule has 1 aliphatic carbocycles. The minimum atomic E-state index is -3.67. The fourth-order valence-corrected chi connectivity index (χ4v) is 4.45. The second-order valence-corrected chi connectivity index (χ2v) is 8.68. The van der Waals surface area contributed by atoms with Crippen molar-refractivity contribution in [2.24, 2.45) is 5.41 Å². The van der Waals surface area contributed by atoms with Crippen LogP contribution in [-0.2, 0) is 19.4 Å². The quantitative estimate of drug-likeness (QED) is 0.553. The van der Waals surface area contributed by atoms with Gasteiger partial charge >= 0.3 is 11.9 Å². The summed E-state index contributed by atoms with van der Waals surface area (Å²) in [7, 11) is -3.67. The predicted octanol–water partition coefficient (Wildman–Crippen LogP) is 1.06. The third kappa shape index (κ3) is 2.53. The largest absolute Gasteiger partial charge is 0.481 e. The summed E-state index contributed by atoms with van der Waals surface area (Å²) in [5.74, 6) is -2.47. The summed E-state index contributed by atoms with van der Waals surface area (Å²) in [6.07, 6.45) is 1.88. The van der Waals surface area contributed by atoms with Gasteiger partial charge in [-0.3, -0.25) is 9.59 Å². The number of aliphatic carboxylic acids is 2. The standard InChI is InChI=1S/C10H13IO6S/c1-9(7(12)13)5-10(11,8(14)15)4-3-6(9)18(2,16)17/h3H,4-5H2,1-2H3,(H,12,13)(H,14,15). The molecule has 2 N–H and O–H groups in total. The van der Waals surface area contributed by atoms with Crippen LogP contribution < -0.4 is 0 Å². The SMILES string of the molecule is CC1(C(=O)O)CC(I)(C(=O)O)CC=C1S(C)(=O)=O. The lowest BCUT2D eigenvalue weighted by Crippen LogP contribution is -2.46. The Morgan fingerprint density at radius 3 is 2.17 bits per heavy atom. The third-order valence-corrected chi connectivity index (χ3v) is 5.74. The number of alkyl halides is 1. The monoisotopic (exact) mass is 388 g/mol. The topological polar surface area (TPSA) is 109 Å². The van der Waals surface area contributed by atoms with E-state index in [-0.39, 0.29) is 17.7 Å². The number of carboxylic acid groups (broad SMARTS) is 2. The van der Waals surface area contributed by atoms with Crippen LogP contribution in [0, 0.1) is 5.41 Å². The number of rotatable bonds is 3. The molecule has 0 bridgehead atoms. The van der Waals surface area contributed by atoms with Crippen LogP contribution in [0.1, 0.15) is 19.8 Å². The second-order valence-electron chi connectivity index (χ2n) is 4.63. The number of sulfone groups is 1. The van der Waals surface area contributed by atoms with Crippen molar-refractivity contribution in [1.29, 1.82) is 0 Å². The zero-order valence-corrected chi connectivity index (χ0v) is 12.8. The zero-order valence-electron chi connectivity index (χ0n) is 9.81. The smallest absolute Gasteiger partial charge is 0.319 e. The average molecular weight is 388 g/mol. The van der Waals surface area contributed by atoms with Gasteiger partial charge in [-0.25, -0.2) is 8.42 Å². The summed E-state index contributed by atoms with van der Waals surface area (Å²) in [4.78, 5) is 22.3. The van der Waals surface area contributed by atoms with E-state index >= 15 is 0 Å². The Balaban J connectivity index is 3.43. The number of halogens is 1. The maximum Gasteiger partial charge on any atom is 0.319 e. The van der Waals surface area contributed by atoms with Crippen LogP contribution in [0.3, 0.4) is 0 Å². The normalized spacial score (nSPS) is 32.7. The summed E-state index contributed by atoms with van der Waals surface area (Å²) < 4.78 is 21.9. The molecule has 0 aromatic rings. The first kappa shape index (κ1) is 15.4. The van der Waals surface area contributed by atoms with Crippen LogP contribution in [0.15, 0.2) is 11.0 Å². The predicted molar refractivity (Wildman–Crippen MR) is 72.3 cm³/mol. The molecule has 102 valence electrons. The maximum absolute atomic E-state index is 11.6. The molecular weight excluding hydrogens is 375 g/mol. The highest BCUT2D eigenvalue weighted by Gasteiger charge is 2.53. The molecule has 0 aliphatic heterocycles. The van der Waals surface area contributed by atoms with Gasteiger partial charge in [-0.05, 0) is 19.8 Å². The summed E-state index contributed by atoms with van der Waals surface area (Å²) in [6, 6.07) is 0. The molecule has 0 saturated carbocycles. The Kier molecular flexibility index (Phi) is 3.84. The highest BCUT2D eigenvalue weighted by Crippen LogP contribution is 2.48. The number of carboxylic acids is 2. The summed E-state index contributed by atoms with van der Waals surface area (Å²) in [6.45, 7) is 1.25. The van der Waals surface area contributed by atoms with Gasteiger partial charge in [-0.1, -0.05) is 28.7 Å². The van der Waals surface area contributed by atoms with E-state index in [2.05, 4.69) is 0 Å². The first-order valence-electron chi connectivity index (χ1n) is 5.00. The third-order valence-electron chi connectivity index (χ3n) is 3.04. The van der Waals surface area contributed by atoms with Gasteiger partial charge in [-0.2, -0.15) is 0 Å². The molecule has 0 saturated heterocycles. The lowest BCUT2D eigenvalue weighted by atomic mass is 9.75. The van der Waals surface area contributed by atoms with E-state index in [1.54, 1.807) is 22.6 Å². The molecule has 0 spiro atoms. The van der Waals surface area contributed by atoms with Crippen LogP contribution in [-0.4, -0.2) is 40.2 Å². The Morgan fingerprint density at radius 1 is 1.33 bits per heavy atom. The van der Waals surface area contributed by atoms with Crippen LogP contribution in [0.25, 0.3) is 0 Å². The molecule has 6 nitrogen and oxygen atoms in total. The highest BCUT2D eigenvalue weighted by atomic mass is 127. The number of hydrogen-bond donors (Lipinski definition) is 2. The molecule has 0 heterocycles. The molecule has 2 unspecified atom stereocenters. The van der Waals surface area contributed by atoms with Crippen LogP contribution in [0.2, 0.25) is 0 Å². The van der Waals surface area contributed by atoms with Crippen LogP contribution >= 0.6 is 22.6 Å². The number of allylic oxidation sites excluding steroid dienone is 1. The Hall–Kier alpha value is -0.640. The van der Waals surface area contributed by atoms with E-state index in [1.807, 2.05) is 0 Å². The van der Waals surface area contributed by atoms with Gasteiger partial charge in [0.05, 0.1) is 4.91 Å². The van der Waals surface area contributed by atoms with Crippen molar-refractivity contribution >= 4 is 44.4 Å². The van der Waals surface area contributed by atoms with E-state index in [0.717, 1.165) is 6.26 Å². The molecule has 1 aliphatic rings. The molecular formula is C10H13IO6S. The van der Waals surface area contributed by atoms with E-state index in [1.165, 1.54) is 13.0 Å². The van der Waals surface area contributed by atoms with Crippen molar-refractivity contribution in [2.75, 3.05) is 6.26 Å². The van der Waals surface area contributed by atoms with Gasteiger partial charge < -0.3 is 10.2 Å². The van der Waals surface area contributed by atoms with Crippen molar-refractivity contribution in [1.82, 2.24) is 0 Å². The Bertz CT molecular complexity index is 537. The minimum absolute atomic E-state index is 0.00579. The van der Waals surface area contributed by atoms with Crippen LogP contribution in [0.4, 0.5) is 0 Å². The van der Waals surface area contributed by atoms with E-state index in [9.17, 15) is 23.1 Å². The fourth-order valence-electron chi connectivity index (χ4n) is 2.10. The number of hydrogen-bond acceptors (Lipinski definition) is 4. The van der Waals surface area contributed by atoms with E-state index in [0.29, 0.717) is 0 Å². The maximum atomic E-state index is 11.6. The highest BCUT2D eigenvalue weighted by molar-refractivity contribution is 14.1. The fraction of sp³-hybridized carbons (Fsp3) is 0.600. The van der Waals surface area contributed by atoms with Gasteiger partial charge in [0.25, 0.3) is 0 Å². The summed E-state index contributed by atoms with van der Waals surface area (Å²) in [5, 5.41) is 18.4. The Morgan fingerprint density at radius 2 is 1.83 bits per heavy atom. The molecule has 1 rings (SSSR count). The van der Waals surface area contributed by atoms with Gasteiger partial charge in [0.2, 0.25) is 0 Å². The molecule has 0 aromatic heterocycles. The number of carbonyl (C=O) groups is 2. The molecule has 0 radical (unpaired) electrons.